The number of fused-ring (bicyclic) bond motifs is 1. The number of urea groups is 1. The number of nitrogens with zero attached hydrogens (tertiary/aromatic N) is 4. The summed E-state index contributed by atoms with van der Waals surface area (Å²) >= 11 is 0. The van der Waals surface area contributed by atoms with Gasteiger partial charge in [0.2, 0.25) is 15.9 Å². The number of benzene rings is 3. The van der Waals surface area contributed by atoms with Crippen LogP contribution in [-0.2, 0) is 40.7 Å². The molecule has 13 heteroatoms. The van der Waals surface area contributed by atoms with Gasteiger partial charge in [-0.05, 0) is 65.1 Å². The number of hydrogen-bond donors (Lipinski definition) is 3. The van der Waals surface area contributed by atoms with Crippen LogP contribution in [0.25, 0.3) is 10.9 Å². The number of nitroso groups, excluding NO2 is 1. The van der Waals surface area contributed by atoms with Crippen molar-refractivity contribution in [3.63, 3.8) is 0 Å². The topological polar surface area (TPSA) is 161 Å². The fourth-order valence-corrected chi connectivity index (χ4v) is 9.23. The summed E-state index contributed by atoms with van der Waals surface area (Å²) in [7, 11) is -4.09. The number of carbonyl (C=O) groups is 2. The van der Waals surface area contributed by atoms with E-state index in [2.05, 4.69) is 20.2 Å². The second-order valence-corrected chi connectivity index (χ2v) is 16.8. The number of sulfonamides is 1. The molecule has 292 valence electrons. The van der Waals surface area contributed by atoms with Crippen LogP contribution in [0, 0.1) is 16.7 Å². The zero-order chi connectivity index (χ0) is 39.0. The SMILES string of the molecule is CC[C@H](C)[C@@H](C(=O)N[C@@H](Cc1ccccc1)[C@H](O)CNS(=O)(=O)c1ccc(CN=O)cc1CC1CCCC1)N1CCN(Cc2ccc3cccnc3c2)C1=O. The summed E-state index contributed by atoms with van der Waals surface area (Å²) in [6.45, 7) is 4.70. The van der Waals surface area contributed by atoms with Gasteiger partial charge in [-0.2, -0.15) is 4.91 Å². The van der Waals surface area contributed by atoms with Crippen LogP contribution >= 0.6 is 0 Å². The van der Waals surface area contributed by atoms with Crippen molar-refractivity contribution in [2.45, 2.75) is 95.0 Å². The first kappa shape index (κ1) is 40.0. The lowest BCUT2D eigenvalue weighted by molar-refractivity contribution is -0.128. The first-order valence-corrected chi connectivity index (χ1v) is 20.9. The Labute approximate surface area is 323 Å². The van der Waals surface area contributed by atoms with Crippen molar-refractivity contribution in [1.82, 2.24) is 24.8 Å². The zero-order valence-corrected chi connectivity index (χ0v) is 32.5. The number of aromatic nitrogens is 1. The minimum atomic E-state index is -4.09. The molecule has 12 nitrogen and oxygen atoms in total. The van der Waals surface area contributed by atoms with Gasteiger partial charge in [0, 0.05) is 37.8 Å². The van der Waals surface area contributed by atoms with Crippen molar-refractivity contribution >= 4 is 32.9 Å². The molecule has 1 aliphatic heterocycles. The second kappa shape index (κ2) is 18.3. The van der Waals surface area contributed by atoms with Gasteiger partial charge in [-0.25, -0.2) is 17.9 Å². The third-order valence-corrected chi connectivity index (χ3v) is 12.7. The van der Waals surface area contributed by atoms with Crippen molar-refractivity contribution in [3.8, 4) is 0 Å². The van der Waals surface area contributed by atoms with Crippen LogP contribution in [0.3, 0.4) is 0 Å². The van der Waals surface area contributed by atoms with E-state index >= 15 is 0 Å². The van der Waals surface area contributed by atoms with Crippen LogP contribution in [0.5, 0.6) is 0 Å². The van der Waals surface area contributed by atoms with E-state index in [-0.39, 0.29) is 36.4 Å². The van der Waals surface area contributed by atoms with Crippen molar-refractivity contribution < 1.29 is 23.1 Å². The zero-order valence-electron chi connectivity index (χ0n) is 31.6. The van der Waals surface area contributed by atoms with E-state index in [1.165, 1.54) is 6.07 Å². The van der Waals surface area contributed by atoms with Crippen molar-refractivity contribution in [2.24, 2.45) is 17.0 Å². The molecule has 1 saturated carbocycles. The van der Waals surface area contributed by atoms with Gasteiger partial charge in [0.05, 0.1) is 22.6 Å². The number of carbonyl (C=O) groups excluding carboxylic acids is 2. The van der Waals surface area contributed by atoms with E-state index in [1.54, 1.807) is 28.1 Å². The third kappa shape index (κ3) is 9.94. The molecule has 6 rings (SSSR count). The van der Waals surface area contributed by atoms with Gasteiger partial charge in [-0.15, -0.1) is 0 Å². The minimum Gasteiger partial charge on any atom is -0.390 e. The molecule has 2 aliphatic rings. The lowest BCUT2D eigenvalue weighted by Gasteiger charge is -2.34. The molecule has 55 heavy (non-hydrogen) atoms. The summed E-state index contributed by atoms with van der Waals surface area (Å²) in [4.78, 5) is 47.1. The molecule has 1 aromatic heterocycles. The van der Waals surface area contributed by atoms with Crippen LogP contribution in [-0.4, -0.2) is 78.1 Å². The number of hydrogen-bond acceptors (Lipinski definition) is 8. The van der Waals surface area contributed by atoms with Gasteiger partial charge in [0.1, 0.15) is 12.6 Å². The summed E-state index contributed by atoms with van der Waals surface area (Å²) in [6, 6.07) is 22.1. The smallest absolute Gasteiger partial charge is 0.321 e. The standard InChI is InChI=1S/C42H52N6O6S/c1-3-29(2)40(48-21-20-47(42(48)51)28-33-15-17-34-14-9-19-43-36(34)25-33)41(50)46-37(24-31-10-5-4-6-11-31)38(49)27-45-55(53,54)39-18-16-32(26-44-52)23-35(39)22-30-12-7-8-13-30/h4-6,9-11,14-19,23,25,29-30,37-38,40,45,49H,3,7-8,12-13,20-22,24,26-28H2,1-2H3,(H,46,50)/t29-,37-,38+,40-/m0/s1. The van der Waals surface area contributed by atoms with Gasteiger partial charge >= 0.3 is 6.03 Å². The Morgan fingerprint density at radius 3 is 2.49 bits per heavy atom. The largest absolute Gasteiger partial charge is 0.390 e. The number of aliphatic hydroxyl groups is 1. The van der Waals surface area contributed by atoms with Gasteiger partial charge in [-0.3, -0.25) is 9.78 Å². The molecular formula is C42H52N6O6S. The quantitative estimate of drug-likeness (QED) is 0.105. The lowest BCUT2D eigenvalue weighted by atomic mass is 9.95. The highest BCUT2D eigenvalue weighted by Gasteiger charge is 2.41. The number of aliphatic hydroxyl groups excluding tert-OH is 1. The van der Waals surface area contributed by atoms with E-state index in [4.69, 9.17) is 0 Å². The molecule has 0 unspecified atom stereocenters. The third-order valence-electron chi connectivity index (χ3n) is 11.2. The molecule has 1 aliphatic carbocycles. The van der Waals surface area contributed by atoms with Gasteiger partial charge < -0.3 is 20.2 Å². The number of nitrogens with one attached hydrogen (secondary N) is 2. The highest BCUT2D eigenvalue weighted by molar-refractivity contribution is 7.89. The first-order valence-electron chi connectivity index (χ1n) is 19.4. The van der Waals surface area contributed by atoms with Crippen LogP contribution in [0.15, 0.2) is 95.1 Å². The van der Waals surface area contributed by atoms with Gasteiger partial charge in [-0.1, -0.05) is 112 Å². The maximum Gasteiger partial charge on any atom is 0.321 e. The average molecular weight is 769 g/mol. The summed E-state index contributed by atoms with van der Waals surface area (Å²) in [5.74, 6) is -0.244. The molecule has 4 aromatic rings. The summed E-state index contributed by atoms with van der Waals surface area (Å²) in [5.41, 5.74) is 3.91. The Balaban J connectivity index is 1.18. The Morgan fingerprint density at radius 1 is 0.982 bits per heavy atom. The highest BCUT2D eigenvalue weighted by Crippen LogP contribution is 2.31. The molecule has 4 atom stereocenters. The molecular weight excluding hydrogens is 717 g/mol. The molecule has 2 heterocycles. The summed E-state index contributed by atoms with van der Waals surface area (Å²) in [5, 5.41) is 18.7. The second-order valence-electron chi connectivity index (χ2n) is 15.1. The monoisotopic (exact) mass is 768 g/mol. The molecule has 3 amide bonds. The highest BCUT2D eigenvalue weighted by atomic mass is 32.2. The van der Waals surface area contributed by atoms with Crippen LogP contribution in [0.4, 0.5) is 4.79 Å². The number of amides is 3. The maximum atomic E-state index is 14.3. The molecule has 0 spiro atoms. The number of rotatable bonds is 18. The maximum absolute atomic E-state index is 14.3. The Bertz CT molecular complexity index is 2060. The fourth-order valence-electron chi connectivity index (χ4n) is 7.95. The van der Waals surface area contributed by atoms with Gasteiger partial charge in [0.15, 0.2) is 0 Å². The van der Waals surface area contributed by atoms with E-state index in [0.29, 0.717) is 49.5 Å². The lowest BCUT2D eigenvalue weighted by Crippen LogP contribution is -2.57. The molecule has 3 aromatic carbocycles. The minimum absolute atomic E-state index is 0.0497. The summed E-state index contributed by atoms with van der Waals surface area (Å²) in [6.07, 6.45) is 6.12. The molecule has 2 fully saturated rings. The van der Waals surface area contributed by atoms with Crippen molar-refractivity contribution in [2.75, 3.05) is 19.6 Å². The Kier molecular flexibility index (Phi) is 13.3. The molecule has 1 saturated heterocycles. The van der Waals surface area contributed by atoms with E-state index in [0.717, 1.165) is 47.7 Å². The predicted molar refractivity (Wildman–Crippen MR) is 212 cm³/mol. The first-order chi connectivity index (χ1) is 26.6. The predicted octanol–water partition coefficient (Wildman–Crippen LogP) is 5.95. The Morgan fingerprint density at radius 2 is 1.75 bits per heavy atom. The fraction of sp³-hybridized carbons (Fsp3) is 0.452. The van der Waals surface area contributed by atoms with Crippen LogP contribution < -0.4 is 10.0 Å². The normalized spacial score (nSPS) is 17.3. The summed E-state index contributed by atoms with van der Waals surface area (Å²) < 4.78 is 30.3. The average Bonchev–Trinajstić information content (AvgIpc) is 3.83. The van der Waals surface area contributed by atoms with Crippen LogP contribution in [0.2, 0.25) is 0 Å². The van der Waals surface area contributed by atoms with Crippen molar-refractivity contribution in [1.29, 1.82) is 0 Å². The van der Waals surface area contributed by atoms with E-state index < -0.39 is 34.1 Å². The number of pyridine rings is 1. The van der Waals surface area contributed by atoms with Crippen LogP contribution in [0.1, 0.15) is 68.2 Å². The van der Waals surface area contributed by atoms with E-state index in [9.17, 15) is 28.0 Å². The molecule has 0 radical (unpaired) electrons. The Hall–Kier alpha value is -4.72. The van der Waals surface area contributed by atoms with Crippen molar-refractivity contribution in [3.05, 3.63) is 112 Å². The van der Waals surface area contributed by atoms with E-state index in [1.807, 2.05) is 74.5 Å². The molecule has 0 bridgehead atoms. The molecule has 3 N–H and O–H groups in total. The van der Waals surface area contributed by atoms with Gasteiger partial charge in [0.25, 0.3) is 0 Å².